The van der Waals surface area contributed by atoms with Crippen molar-refractivity contribution in [3.63, 3.8) is 0 Å². The van der Waals surface area contributed by atoms with Gasteiger partial charge in [0.2, 0.25) is 4.96 Å². The first kappa shape index (κ1) is 26.0. The van der Waals surface area contributed by atoms with Crippen LogP contribution in [-0.4, -0.2) is 47.0 Å². The molecule has 1 aliphatic rings. The Labute approximate surface area is 244 Å². The zero-order valence-corrected chi connectivity index (χ0v) is 24.5. The third kappa shape index (κ3) is 4.63. The molecule has 7 rings (SSSR count). The van der Waals surface area contributed by atoms with Gasteiger partial charge in [-0.05, 0) is 42.7 Å². The third-order valence-electron chi connectivity index (χ3n) is 7.59. The van der Waals surface area contributed by atoms with E-state index in [-0.39, 0.29) is 5.41 Å². The zero-order chi connectivity index (χ0) is 28.0. The maximum Gasteiger partial charge on any atom is 0.294 e. The number of rotatable bonds is 8. The maximum absolute atomic E-state index is 6.37. The summed E-state index contributed by atoms with van der Waals surface area (Å²) in [6.45, 7) is 3.88. The second-order valence-corrected chi connectivity index (χ2v) is 11.8. The van der Waals surface area contributed by atoms with Crippen LogP contribution in [0, 0.1) is 6.92 Å². The quantitative estimate of drug-likeness (QED) is 0.195. The van der Waals surface area contributed by atoms with Crippen LogP contribution in [0.4, 0.5) is 0 Å². The lowest BCUT2D eigenvalue weighted by atomic mass is 9.74. The molecule has 5 heterocycles. The van der Waals surface area contributed by atoms with Crippen molar-refractivity contribution in [3.8, 4) is 28.1 Å². The van der Waals surface area contributed by atoms with E-state index in [9.17, 15) is 0 Å². The van der Waals surface area contributed by atoms with Crippen molar-refractivity contribution in [2.24, 2.45) is 0 Å². The van der Waals surface area contributed by atoms with Crippen LogP contribution in [0.3, 0.4) is 0 Å². The van der Waals surface area contributed by atoms with Crippen molar-refractivity contribution in [1.82, 2.24) is 19.6 Å². The fraction of sp³-hybridized carbons (Fsp3) is 0.300. The van der Waals surface area contributed by atoms with Crippen molar-refractivity contribution >= 4 is 38.6 Å². The van der Waals surface area contributed by atoms with Crippen LogP contribution in [0.1, 0.15) is 34.7 Å². The highest BCUT2D eigenvalue weighted by Crippen LogP contribution is 2.43. The van der Waals surface area contributed by atoms with E-state index in [4.69, 9.17) is 28.3 Å². The van der Waals surface area contributed by atoms with Gasteiger partial charge >= 0.3 is 0 Å². The minimum atomic E-state index is -0.146. The standard InChI is InChI=1S/C30H28N4O5S2/c1-18-4-6-19(7-5-18)30(8-10-37-11-9-30)27-32-20(17-40-27)16-38-24-12-21(35-2)13-25-22(24)14-26(39-25)23-15-31-28-34(23)33-29(36-3)41-28/h4-7,12-15,17H,8-11,16H2,1-3H3. The largest absolute Gasteiger partial charge is 0.496 e. The molecule has 11 heteroatoms. The van der Waals surface area contributed by atoms with Gasteiger partial charge in [-0.25, -0.2) is 9.97 Å². The average Bonchev–Trinajstić information content (AvgIpc) is 3.80. The zero-order valence-electron chi connectivity index (χ0n) is 22.9. The van der Waals surface area contributed by atoms with Crippen LogP contribution in [-0.2, 0) is 16.8 Å². The van der Waals surface area contributed by atoms with Gasteiger partial charge in [0.15, 0.2) is 5.76 Å². The number of furan rings is 1. The summed E-state index contributed by atoms with van der Waals surface area (Å²) < 4.78 is 30.9. The van der Waals surface area contributed by atoms with E-state index in [1.807, 2.05) is 18.2 Å². The van der Waals surface area contributed by atoms with Crippen LogP contribution in [0.25, 0.3) is 27.4 Å². The molecule has 0 spiro atoms. The number of benzene rings is 2. The first-order valence-electron chi connectivity index (χ1n) is 13.3. The molecular formula is C30H28N4O5S2. The van der Waals surface area contributed by atoms with E-state index in [1.54, 1.807) is 36.3 Å². The van der Waals surface area contributed by atoms with E-state index in [0.717, 1.165) is 52.8 Å². The number of nitrogens with zero attached hydrogens (tertiary/aromatic N) is 4. The van der Waals surface area contributed by atoms with Crippen LogP contribution in [0.15, 0.2) is 58.5 Å². The summed E-state index contributed by atoms with van der Waals surface area (Å²) in [6, 6.07) is 14.5. The number of aromatic nitrogens is 4. The van der Waals surface area contributed by atoms with Crippen molar-refractivity contribution in [1.29, 1.82) is 0 Å². The molecule has 0 aliphatic carbocycles. The summed E-state index contributed by atoms with van der Waals surface area (Å²) in [5, 5.41) is 9.02. The fourth-order valence-corrected chi connectivity index (χ4v) is 7.11. The smallest absolute Gasteiger partial charge is 0.294 e. The molecular weight excluding hydrogens is 560 g/mol. The maximum atomic E-state index is 6.37. The van der Waals surface area contributed by atoms with Crippen molar-refractivity contribution in [2.75, 3.05) is 27.4 Å². The highest BCUT2D eigenvalue weighted by Gasteiger charge is 2.39. The predicted molar refractivity (Wildman–Crippen MR) is 158 cm³/mol. The van der Waals surface area contributed by atoms with Gasteiger partial charge in [-0.2, -0.15) is 4.52 Å². The second-order valence-electron chi connectivity index (χ2n) is 10.1. The van der Waals surface area contributed by atoms with E-state index in [1.165, 1.54) is 22.5 Å². The SMILES string of the molecule is COc1cc(OCc2csc(C3(c4ccc(C)cc4)CCOCC3)n2)c2cc(-c3cnc4sc(OC)nn34)oc2c1. The van der Waals surface area contributed by atoms with E-state index < -0.39 is 0 Å². The third-order valence-corrected chi connectivity index (χ3v) is 9.57. The van der Waals surface area contributed by atoms with E-state index in [2.05, 4.69) is 46.7 Å². The van der Waals surface area contributed by atoms with Crippen molar-refractivity contribution in [2.45, 2.75) is 31.8 Å². The number of methoxy groups -OCH3 is 2. The lowest BCUT2D eigenvalue weighted by molar-refractivity contribution is 0.0629. The monoisotopic (exact) mass is 588 g/mol. The molecule has 41 heavy (non-hydrogen) atoms. The van der Waals surface area contributed by atoms with Gasteiger partial charge in [0.05, 0.1) is 36.9 Å². The normalized spacial score (nSPS) is 15.0. The summed E-state index contributed by atoms with van der Waals surface area (Å²) in [4.78, 5) is 10.3. The molecule has 210 valence electrons. The van der Waals surface area contributed by atoms with Crippen LogP contribution < -0.4 is 14.2 Å². The topological polar surface area (TPSA) is 93.1 Å². The predicted octanol–water partition coefficient (Wildman–Crippen LogP) is 6.66. The van der Waals surface area contributed by atoms with E-state index >= 15 is 0 Å². The number of hydrogen-bond donors (Lipinski definition) is 0. The minimum absolute atomic E-state index is 0.146. The fourth-order valence-electron chi connectivity index (χ4n) is 5.34. The molecule has 4 aromatic heterocycles. The number of aryl methyl sites for hydroxylation is 1. The molecule has 0 bridgehead atoms. The molecule has 6 aromatic rings. The number of fused-ring (bicyclic) bond motifs is 2. The first-order valence-corrected chi connectivity index (χ1v) is 15.0. The van der Waals surface area contributed by atoms with Gasteiger partial charge in [-0.15, -0.1) is 16.4 Å². The number of thiazole rings is 1. The summed E-state index contributed by atoms with van der Waals surface area (Å²) in [5.74, 6) is 1.91. The Kier molecular flexibility index (Phi) is 6.64. The number of hydrogen-bond acceptors (Lipinski definition) is 10. The summed E-state index contributed by atoms with van der Waals surface area (Å²) >= 11 is 3.06. The molecule has 0 atom stereocenters. The molecule has 9 nitrogen and oxygen atoms in total. The van der Waals surface area contributed by atoms with Gasteiger partial charge in [0.1, 0.15) is 34.4 Å². The average molecular weight is 589 g/mol. The number of ether oxygens (including phenoxy) is 4. The van der Waals surface area contributed by atoms with Crippen LogP contribution in [0.2, 0.25) is 0 Å². The molecule has 0 saturated carbocycles. The molecule has 0 radical (unpaired) electrons. The van der Waals surface area contributed by atoms with Crippen molar-refractivity contribution < 1.29 is 23.4 Å². The van der Waals surface area contributed by atoms with Gasteiger partial charge in [-0.3, -0.25) is 0 Å². The molecule has 1 aliphatic heterocycles. The van der Waals surface area contributed by atoms with Crippen LogP contribution >= 0.6 is 22.7 Å². The highest BCUT2D eigenvalue weighted by atomic mass is 32.1. The Morgan fingerprint density at radius 3 is 2.66 bits per heavy atom. The first-order chi connectivity index (χ1) is 20.1. The lowest BCUT2D eigenvalue weighted by Crippen LogP contribution is -2.35. The Morgan fingerprint density at radius 2 is 1.88 bits per heavy atom. The second kappa shape index (κ2) is 10.5. The Hall–Kier alpha value is -3.93. The van der Waals surface area contributed by atoms with Crippen LogP contribution in [0.5, 0.6) is 16.7 Å². The Bertz CT molecular complexity index is 1830. The van der Waals surface area contributed by atoms with Gasteiger partial charge in [0.25, 0.3) is 5.19 Å². The highest BCUT2D eigenvalue weighted by molar-refractivity contribution is 7.18. The van der Waals surface area contributed by atoms with Gasteiger partial charge in [-0.1, -0.05) is 29.8 Å². The lowest BCUT2D eigenvalue weighted by Gasteiger charge is -2.36. The molecule has 2 aromatic carbocycles. The summed E-state index contributed by atoms with van der Waals surface area (Å²) in [7, 11) is 3.22. The minimum Gasteiger partial charge on any atom is -0.496 e. The van der Waals surface area contributed by atoms with Gasteiger partial charge < -0.3 is 23.4 Å². The van der Waals surface area contributed by atoms with E-state index in [0.29, 0.717) is 34.6 Å². The molecule has 0 unspecified atom stereocenters. The molecule has 0 amide bonds. The Balaban J connectivity index is 1.19. The Morgan fingerprint density at radius 1 is 1.05 bits per heavy atom. The van der Waals surface area contributed by atoms with Crippen molar-refractivity contribution in [3.05, 3.63) is 75.9 Å². The summed E-state index contributed by atoms with van der Waals surface area (Å²) in [5.41, 5.74) is 4.65. The molecule has 1 saturated heterocycles. The number of imidazole rings is 1. The van der Waals surface area contributed by atoms with Gasteiger partial charge in [0, 0.05) is 30.7 Å². The molecule has 0 N–H and O–H groups in total. The summed E-state index contributed by atoms with van der Waals surface area (Å²) in [6.07, 6.45) is 3.56. The molecule has 1 fully saturated rings.